The van der Waals surface area contributed by atoms with Crippen molar-refractivity contribution in [2.24, 2.45) is 7.05 Å². The molecule has 0 bridgehead atoms. The zero-order valence-corrected chi connectivity index (χ0v) is 12.5. The van der Waals surface area contributed by atoms with Gasteiger partial charge < -0.3 is 5.32 Å². The first-order valence-corrected chi connectivity index (χ1v) is 7.93. The molecule has 0 saturated carbocycles. The molecule has 3 rings (SSSR count). The van der Waals surface area contributed by atoms with Gasteiger partial charge in [0.2, 0.25) is 0 Å². The predicted molar refractivity (Wildman–Crippen MR) is 79.7 cm³/mol. The minimum atomic E-state index is 0.300. The van der Waals surface area contributed by atoms with Crippen molar-refractivity contribution in [1.82, 2.24) is 15.1 Å². The number of nitrogens with one attached hydrogen (secondary N) is 1. The quantitative estimate of drug-likeness (QED) is 0.929. The third-order valence-corrected chi connectivity index (χ3v) is 5.07. The molecule has 3 nitrogen and oxygen atoms in total. The van der Waals surface area contributed by atoms with Crippen molar-refractivity contribution in [2.45, 2.75) is 38.6 Å². The fraction of sp³-hybridized carbons (Fsp3) is 0.533. The Morgan fingerprint density at radius 1 is 1.42 bits per heavy atom. The van der Waals surface area contributed by atoms with Crippen molar-refractivity contribution in [1.29, 1.82) is 0 Å². The Balaban J connectivity index is 1.93. The molecule has 0 aliphatic heterocycles. The van der Waals surface area contributed by atoms with Crippen LogP contribution in [0.5, 0.6) is 0 Å². The fourth-order valence-corrected chi connectivity index (χ4v) is 4.19. The van der Waals surface area contributed by atoms with Crippen LogP contribution in [0.15, 0.2) is 18.5 Å². The van der Waals surface area contributed by atoms with Gasteiger partial charge in [0, 0.05) is 28.6 Å². The molecule has 0 spiro atoms. The Bertz CT molecular complexity index is 532. The predicted octanol–water partition coefficient (Wildman–Crippen LogP) is 3.06. The van der Waals surface area contributed by atoms with Crippen molar-refractivity contribution in [3.63, 3.8) is 0 Å². The van der Waals surface area contributed by atoms with Crippen molar-refractivity contribution < 1.29 is 0 Å². The summed E-state index contributed by atoms with van der Waals surface area (Å²) in [6.45, 7) is 3.14. The molecule has 1 N–H and O–H groups in total. The lowest BCUT2D eigenvalue weighted by Crippen LogP contribution is -2.20. The molecule has 19 heavy (non-hydrogen) atoms. The summed E-state index contributed by atoms with van der Waals surface area (Å²) in [4.78, 5) is 3.05. The SMILES string of the molecule is CCNC(c1cnn(C)c1)c1cc2c(s1)CCCC2. The van der Waals surface area contributed by atoms with E-state index in [0.717, 1.165) is 6.54 Å². The maximum Gasteiger partial charge on any atom is 0.0702 e. The largest absolute Gasteiger partial charge is 0.306 e. The topological polar surface area (TPSA) is 29.9 Å². The van der Waals surface area contributed by atoms with Gasteiger partial charge in [0.05, 0.1) is 12.2 Å². The van der Waals surface area contributed by atoms with Gasteiger partial charge in [-0.1, -0.05) is 6.92 Å². The van der Waals surface area contributed by atoms with E-state index >= 15 is 0 Å². The second-order valence-corrected chi connectivity index (χ2v) is 6.41. The van der Waals surface area contributed by atoms with Crippen molar-refractivity contribution >= 4 is 11.3 Å². The van der Waals surface area contributed by atoms with E-state index in [4.69, 9.17) is 0 Å². The van der Waals surface area contributed by atoms with Crippen LogP contribution in [0.3, 0.4) is 0 Å². The lowest BCUT2D eigenvalue weighted by Gasteiger charge is -2.14. The van der Waals surface area contributed by atoms with Gasteiger partial charge in [-0.3, -0.25) is 4.68 Å². The Labute approximate surface area is 118 Å². The highest BCUT2D eigenvalue weighted by Gasteiger charge is 2.20. The molecule has 2 aromatic heterocycles. The zero-order valence-electron chi connectivity index (χ0n) is 11.6. The second kappa shape index (κ2) is 5.47. The molecular weight excluding hydrogens is 254 g/mol. The van der Waals surface area contributed by atoms with Gasteiger partial charge in [-0.05, 0) is 43.9 Å². The fourth-order valence-electron chi connectivity index (χ4n) is 2.83. The van der Waals surface area contributed by atoms with Crippen LogP contribution >= 0.6 is 11.3 Å². The molecule has 2 aromatic rings. The molecular formula is C15H21N3S. The summed E-state index contributed by atoms with van der Waals surface area (Å²) >= 11 is 1.99. The number of nitrogens with zero attached hydrogens (tertiary/aromatic N) is 2. The maximum absolute atomic E-state index is 4.31. The van der Waals surface area contributed by atoms with Gasteiger partial charge in [-0.25, -0.2) is 0 Å². The standard InChI is InChI=1S/C15H21N3S/c1-3-16-15(12-9-17-18(2)10-12)14-8-11-6-4-5-7-13(11)19-14/h8-10,15-16H,3-7H2,1-2H3. The molecule has 1 unspecified atom stereocenters. The summed E-state index contributed by atoms with van der Waals surface area (Å²) < 4.78 is 1.88. The summed E-state index contributed by atoms with van der Waals surface area (Å²) in [6, 6.07) is 2.72. The highest BCUT2D eigenvalue weighted by molar-refractivity contribution is 7.12. The normalized spacial score (nSPS) is 16.3. The van der Waals surface area contributed by atoms with Crippen LogP contribution in [-0.2, 0) is 19.9 Å². The number of aryl methyl sites for hydroxylation is 3. The summed E-state index contributed by atoms with van der Waals surface area (Å²) in [5.74, 6) is 0. The summed E-state index contributed by atoms with van der Waals surface area (Å²) in [6.07, 6.45) is 9.33. The molecule has 2 heterocycles. The zero-order chi connectivity index (χ0) is 13.2. The highest BCUT2D eigenvalue weighted by Crippen LogP contribution is 2.35. The van der Waals surface area contributed by atoms with Gasteiger partial charge in [-0.2, -0.15) is 5.10 Å². The lowest BCUT2D eigenvalue weighted by atomic mass is 9.98. The van der Waals surface area contributed by atoms with E-state index < -0.39 is 0 Å². The Morgan fingerprint density at radius 2 is 2.26 bits per heavy atom. The molecule has 1 atom stereocenters. The smallest absolute Gasteiger partial charge is 0.0702 e. The van der Waals surface area contributed by atoms with E-state index in [0.29, 0.717) is 6.04 Å². The molecule has 0 saturated heterocycles. The lowest BCUT2D eigenvalue weighted by molar-refractivity contribution is 0.637. The monoisotopic (exact) mass is 275 g/mol. The highest BCUT2D eigenvalue weighted by atomic mass is 32.1. The first-order chi connectivity index (χ1) is 9.28. The third kappa shape index (κ3) is 2.60. The molecule has 0 fully saturated rings. The molecule has 1 aliphatic rings. The van der Waals surface area contributed by atoms with E-state index in [1.54, 1.807) is 10.4 Å². The van der Waals surface area contributed by atoms with Gasteiger partial charge in [-0.15, -0.1) is 11.3 Å². The number of thiophene rings is 1. The summed E-state index contributed by atoms with van der Waals surface area (Å²) in [5.41, 5.74) is 2.85. The third-order valence-electron chi connectivity index (χ3n) is 3.77. The minimum absolute atomic E-state index is 0.300. The Morgan fingerprint density at radius 3 is 2.95 bits per heavy atom. The van der Waals surface area contributed by atoms with Crippen molar-refractivity contribution in [2.75, 3.05) is 6.54 Å². The molecule has 0 radical (unpaired) electrons. The van der Waals surface area contributed by atoms with E-state index in [1.165, 1.54) is 36.1 Å². The van der Waals surface area contributed by atoms with E-state index in [9.17, 15) is 0 Å². The first kappa shape index (κ1) is 12.9. The Hall–Kier alpha value is -1.13. The van der Waals surface area contributed by atoms with E-state index in [-0.39, 0.29) is 0 Å². The van der Waals surface area contributed by atoms with Gasteiger partial charge in [0.1, 0.15) is 0 Å². The van der Waals surface area contributed by atoms with Crippen LogP contribution in [-0.4, -0.2) is 16.3 Å². The second-order valence-electron chi connectivity index (χ2n) is 5.24. The molecule has 102 valence electrons. The minimum Gasteiger partial charge on any atom is -0.306 e. The molecule has 0 aromatic carbocycles. The number of fused-ring (bicyclic) bond motifs is 1. The van der Waals surface area contributed by atoms with Crippen LogP contribution in [0.25, 0.3) is 0 Å². The molecule has 0 amide bonds. The van der Waals surface area contributed by atoms with E-state index in [2.05, 4.69) is 29.6 Å². The van der Waals surface area contributed by atoms with Gasteiger partial charge >= 0.3 is 0 Å². The molecule has 4 heteroatoms. The van der Waals surface area contributed by atoms with Gasteiger partial charge in [0.15, 0.2) is 0 Å². The van der Waals surface area contributed by atoms with Gasteiger partial charge in [0.25, 0.3) is 0 Å². The van der Waals surface area contributed by atoms with Crippen molar-refractivity contribution in [3.8, 4) is 0 Å². The number of hydrogen-bond donors (Lipinski definition) is 1. The van der Waals surface area contributed by atoms with Crippen LogP contribution in [0, 0.1) is 0 Å². The van der Waals surface area contributed by atoms with Crippen LogP contribution in [0.1, 0.15) is 46.7 Å². The number of hydrogen-bond acceptors (Lipinski definition) is 3. The van der Waals surface area contributed by atoms with E-state index in [1.807, 2.05) is 29.3 Å². The number of rotatable bonds is 4. The van der Waals surface area contributed by atoms with Crippen LogP contribution in [0.2, 0.25) is 0 Å². The van der Waals surface area contributed by atoms with Crippen LogP contribution in [0.4, 0.5) is 0 Å². The number of aromatic nitrogens is 2. The summed E-state index contributed by atoms with van der Waals surface area (Å²) in [5, 5.41) is 7.90. The first-order valence-electron chi connectivity index (χ1n) is 7.11. The Kier molecular flexibility index (Phi) is 3.71. The average Bonchev–Trinajstić information content (AvgIpc) is 3.01. The summed E-state index contributed by atoms with van der Waals surface area (Å²) in [7, 11) is 1.98. The van der Waals surface area contributed by atoms with Crippen LogP contribution < -0.4 is 5.32 Å². The molecule has 1 aliphatic carbocycles. The maximum atomic E-state index is 4.31. The average molecular weight is 275 g/mol. The van der Waals surface area contributed by atoms with Crippen molar-refractivity contribution in [3.05, 3.63) is 39.3 Å².